The van der Waals surface area contributed by atoms with Gasteiger partial charge in [0, 0.05) is 19.8 Å². The fourth-order valence-corrected chi connectivity index (χ4v) is 2.05. The molecule has 0 aliphatic carbocycles. The molecule has 0 aromatic heterocycles. The van der Waals surface area contributed by atoms with Crippen molar-refractivity contribution in [2.75, 3.05) is 30.8 Å². The van der Waals surface area contributed by atoms with Crippen molar-refractivity contribution in [2.45, 2.75) is 12.8 Å². The number of carboxylic acids is 1. The minimum absolute atomic E-state index is 0.249. The highest BCUT2D eigenvalue weighted by Gasteiger charge is 2.14. The number of hydrogen-bond donors (Lipinski definition) is 3. The average molecular weight is 250 g/mol. The van der Waals surface area contributed by atoms with Crippen molar-refractivity contribution >= 4 is 17.3 Å². The van der Waals surface area contributed by atoms with Gasteiger partial charge in [-0.25, -0.2) is 4.79 Å². The first-order chi connectivity index (χ1) is 8.66. The molecule has 1 fully saturated rings. The van der Waals surface area contributed by atoms with E-state index in [0.717, 1.165) is 32.6 Å². The van der Waals surface area contributed by atoms with Gasteiger partial charge in [-0.2, -0.15) is 0 Å². The highest BCUT2D eigenvalue weighted by molar-refractivity contribution is 5.90. The molecule has 1 aliphatic rings. The van der Waals surface area contributed by atoms with Crippen molar-refractivity contribution < 1.29 is 14.6 Å². The molecule has 1 aliphatic heterocycles. The van der Waals surface area contributed by atoms with E-state index in [4.69, 9.17) is 15.6 Å². The number of rotatable bonds is 4. The third-order valence-electron chi connectivity index (χ3n) is 3.22. The standard InChI is InChI=1S/C13H18N2O3/c14-11-2-1-10(13(16)17)7-12(11)15-8-9-3-5-18-6-4-9/h1-2,7,9,15H,3-6,8,14H2,(H,16,17). The molecule has 2 rings (SSSR count). The van der Waals surface area contributed by atoms with Gasteiger partial charge in [0.05, 0.1) is 16.9 Å². The second-order valence-electron chi connectivity index (χ2n) is 4.54. The smallest absolute Gasteiger partial charge is 0.335 e. The lowest BCUT2D eigenvalue weighted by Crippen LogP contribution is -2.23. The molecular weight excluding hydrogens is 232 g/mol. The van der Waals surface area contributed by atoms with Crippen LogP contribution < -0.4 is 11.1 Å². The van der Waals surface area contributed by atoms with Crippen molar-refractivity contribution in [1.29, 1.82) is 0 Å². The highest BCUT2D eigenvalue weighted by Crippen LogP contribution is 2.22. The van der Waals surface area contributed by atoms with Gasteiger partial charge in [0.2, 0.25) is 0 Å². The van der Waals surface area contributed by atoms with E-state index in [1.54, 1.807) is 12.1 Å². The molecule has 5 heteroatoms. The Morgan fingerprint density at radius 3 is 2.83 bits per heavy atom. The Balaban J connectivity index is 1.99. The maximum atomic E-state index is 10.9. The lowest BCUT2D eigenvalue weighted by atomic mass is 10.0. The Morgan fingerprint density at radius 2 is 2.17 bits per heavy atom. The predicted molar refractivity (Wildman–Crippen MR) is 69.8 cm³/mol. The molecule has 0 spiro atoms. The van der Waals surface area contributed by atoms with E-state index >= 15 is 0 Å². The number of carbonyl (C=O) groups is 1. The minimum atomic E-state index is -0.941. The Kier molecular flexibility index (Phi) is 4.04. The maximum Gasteiger partial charge on any atom is 0.335 e. The summed E-state index contributed by atoms with van der Waals surface area (Å²) < 4.78 is 5.30. The molecule has 0 atom stereocenters. The lowest BCUT2D eigenvalue weighted by Gasteiger charge is -2.23. The number of ether oxygens (including phenoxy) is 1. The van der Waals surface area contributed by atoms with Gasteiger partial charge in [-0.05, 0) is 37.0 Å². The molecule has 0 saturated carbocycles. The van der Waals surface area contributed by atoms with Crippen LogP contribution in [-0.4, -0.2) is 30.8 Å². The van der Waals surface area contributed by atoms with Gasteiger partial charge in [0.15, 0.2) is 0 Å². The van der Waals surface area contributed by atoms with Gasteiger partial charge in [-0.1, -0.05) is 0 Å². The second kappa shape index (κ2) is 5.73. The Morgan fingerprint density at radius 1 is 1.44 bits per heavy atom. The molecule has 4 N–H and O–H groups in total. The van der Waals surface area contributed by atoms with Crippen molar-refractivity contribution in [3.05, 3.63) is 23.8 Å². The number of anilines is 2. The Bertz CT molecular complexity index is 428. The van der Waals surface area contributed by atoms with Gasteiger partial charge in [0.25, 0.3) is 0 Å². The van der Waals surface area contributed by atoms with E-state index in [1.165, 1.54) is 6.07 Å². The van der Waals surface area contributed by atoms with Crippen molar-refractivity contribution in [3.63, 3.8) is 0 Å². The Labute approximate surface area is 106 Å². The van der Waals surface area contributed by atoms with Crippen LogP contribution in [0.25, 0.3) is 0 Å². The summed E-state index contributed by atoms with van der Waals surface area (Å²) in [4.78, 5) is 10.9. The maximum absolute atomic E-state index is 10.9. The van der Waals surface area contributed by atoms with Crippen LogP contribution in [0, 0.1) is 5.92 Å². The molecule has 0 bridgehead atoms. The molecule has 1 aromatic rings. The van der Waals surface area contributed by atoms with Crippen LogP contribution in [0.4, 0.5) is 11.4 Å². The molecule has 5 nitrogen and oxygen atoms in total. The highest BCUT2D eigenvalue weighted by atomic mass is 16.5. The van der Waals surface area contributed by atoms with Crippen LogP contribution in [0.5, 0.6) is 0 Å². The number of hydrogen-bond acceptors (Lipinski definition) is 4. The van der Waals surface area contributed by atoms with Crippen molar-refractivity contribution in [2.24, 2.45) is 5.92 Å². The summed E-state index contributed by atoms with van der Waals surface area (Å²) in [5, 5.41) is 12.2. The number of nitrogens with two attached hydrogens (primary N) is 1. The molecular formula is C13H18N2O3. The van der Waals surface area contributed by atoms with Crippen LogP contribution in [0.1, 0.15) is 23.2 Å². The first-order valence-corrected chi connectivity index (χ1v) is 6.11. The predicted octanol–water partition coefficient (Wildman–Crippen LogP) is 1.81. The monoisotopic (exact) mass is 250 g/mol. The van der Waals surface area contributed by atoms with Crippen LogP contribution in [0.3, 0.4) is 0 Å². The van der Waals surface area contributed by atoms with Crippen LogP contribution in [-0.2, 0) is 4.74 Å². The number of nitrogens with one attached hydrogen (secondary N) is 1. The van der Waals surface area contributed by atoms with Gasteiger partial charge in [-0.3, -0.25) is 0 Å². The zero-order valence-electron chi connectivity index (χ0n) is 10.2. The van der Waals surface area contributed by atoms with Gasteiger partial charge in [0.1, 0.15) is 0 Å². The minimum Gasteiger partial charge on any atom is -0.478 e. The normalized spacial score (nSPS) is 16.4. The van der Waals surface area contributed by atoms with Crippen LogP contribution in [0.15, 0.2) is 18.2 Å². The molecule has 98 valence electrons. The van der Waals surface area contributed by atoms with E-state index in [2.05, 4.69) is 5.32 Å². The summed E-state index contributed by atoms with van der Waals surface area (Å²) in [7, 11) is 0. The van der Waals surface area contributed by atoms with Gasteiger partial charge < -0.3 is 20.9 Å². The van der Waals surface area contributed by atoms with E-state index in [9.17, 15) is 4.79 Å². The fourth-order valence-electron chi connectivity index (χ4n) is 2.05. The Hall–Kier alpha value is -1.75. The van der Waals surface area contributed by atoms with Gasteiger partial charge in [-0.15, -0.1) is 0 Å². The first-order valence-electron chi connectivity index (χ1n) is 6.11. The zero-order chi connectivity index (χ0) is 13.0. The van der Waals surface area contributed by atoms with E-state index in [0.29, 0.717) is 17.3 Å². The summed E-state index contributed by atoms with van der Waals surface area (Å²) in [6.45, 7) is 2.41. The topological polar surface area (TPSA) is 84.6 Å². The van der Waals surface area contributed by atoms with Crippen LogP contribution >= 0.6 is 0 Å². The van der Waals surface area contributed by atoms with E-state index in [1.807, 2.05) is 0 Å². The van der Waals surface area contributed by atoms with Gasteiger partial charge >= 0.3 is 5.97 Å². The average Bonchev–Trinajstić information content (AvgIpc) is 2.38. The zero-order valence-corrected chi connectivity index (χ0v) is 10.2. The van der Waals surface area contributed by atoms with Crippen LogP contribution in [0.2, 0.25) is 0 Å². The molecule has 1 aromatic carbocycles. The summed E-state index contributed by atoms with van der Waals surface area (Å²) in [6.07, 6.45) is 2.07. The molecule has 1 saturated heterocycles. The largest absolute Gasteiger partial charge is 0.478 e. The van der Waals surface area contributed by atoms with Crippen molar-refractivity contribution in [3.8, 4) is 0 Å². The summed E-state index contributed by atoms with van der Waals surface area (Å²) in [5.41, 5.74) is 7.35. The molecule has 0 unspecified atom stereocenters. The third kappa shape index (κ3) is 3.13. The number of aromatic carboxylic acids is 1. The summed E-state index contributed by atoms with van der Waals surface area (Å²) in [6, 6.07) is 4.71. The molecule has 0 amide bonds. The number of nitrogen functional groups attached to an aromatic ring is 1. The van der Waals surface area contributed by atoms with E-state index < -0.39 is 5.97 Å². The molecule has 0 radical (unpaired) electrons. The number of carboxylic acid groups (broad SMARTS) is 1. The molecule has 1 heterocycles. The fraction of sp³-hybridized carbons (Fsp3) is 0.462. The third-order valence-corrected chi connectivity index (χ3v) is 3.22. The SMILES string of the molecule is Nc1ccc(C(=O)O)cc1NCC1CCOCC1. The molecule has 18 heavy (non-hydrogen) atoms. The summed E-state index contributed by atoms with van der Waals surface area (Å²) in [5.74, 6) is -0.379. The lowest BCUT2D eigenvalue weighted by molar-refractivity contribution is 0.0696. The number of benzene rings is 1. The first kappa shape index (κ1) is 12.7. The van der Waals surface area contributed by atoms with Crippen molar-refractivity contribution in [1.82, 2.24) is 0 Å². The summed E-state index contributed by atoms with van der Waals surface area (Å²) >= 11 is 0. The van der Waals surface area contributed by atoms with E-state index in [-0.39, 0.29) is 5.56 Å². The quantitative estimate of drug-likeness (QED) is 0.710. The second-order valence-corrected chi connectivity index (χ2v) is 4.54.